The first-order chi connectivity index (χ1) is 4.33. The second kappa shape index (κ2) is 2.80. The van der Waals surface area contributed by atoms with Crippen molar-refractivity contribution in [2.45, 2.75) is 6.42 Å². The van der Waals surface area contributed by atoms with Crippen molar-refractivity contribution in [3.63, 3.8) is 0 Å². The van der Waals surface area contributed by atoms with Gasteiger partial charge in [0.1, 0.15) is 0 Å². The first-order valence-corrected chi connectivity index (χ1v) is 3.57. The van der Waals surface area contributed by atoms with Crippen LogP contribution in [-0.2, 0) is 6.42 Å². The van der Waals surface area contributed by atoms with Crippen LogP contribution in [0.15, 0.2) is 10.2 Å². The molecular weight excluding hydrogens is 136 g/mol. The summed E-state index contributed by atoms with van der Waals surface area (Å²) < 4.78 is 0. The van der Waals surface area contributed by atoms with E-state index < -0.39 is 0 Å². The summed E-state index contributed by atoms with van der Waals surface area (Å²) in [5, 5.41) is 1.80. The van der Waals surface area contributed by atoms with E-state index in [1.807, 2.05) is 0 Å². The molecule has 4 heteroatoms. The van der Waals surface area contributed by atoms with Gasteiger partial charge in [-0.25, -0.2) is 0 Å². The number of hydrogen-bond donors (Lipinski definition) is 2. The first kappa shape index (κ1) is 6.51. The van der Waals surface area contributed by atoms with Crippen LogP contribution in [0.2, 0.25) is 0 Å². The van der Waals surface area contributed by atoms with Crippen molar-refractivity contribution >= 4 is 11.3 Å². The highest BCUT2D eigenvalue weighted by molar-refractivity contribution is 7.07. The van der Waals surface area contributed by atoms with Crippen LogP contribution >= 0.6 is 11.3 Å². The largest absolute Gasteiger partial charge is 0.330 e. The molecule has 0 spiro atoms. The summed E-state index contributed by atoms with van der Waals surface area (Å²) in [6.07, 6.45) is 0.763. The van der Waals surface area contributed by atoms with E-state index >= 15 is 0 Å². The van der Waals surface area contributed by atoms with Gasteiger partial charge in [-0.05, 0) is 6.54 Å². The molecule has 0 bridgehead atoms. The molecule has 0 saturated carbocycles. The number of thiazole rings is 1. The normalized spacial score (nSPS) is 9.89. The zero-order valence-electron chi connectivity index (χ0n) is 4.89. The third-order valence-electron chi connectivity index (χ3n) is 0.985. The van der Waals surface area contributed by atoms with E-state index in [0.717, 1.165) is 12.1 Å². The molecule has 1 aromatic heterocycles. The van der Waals surface area contributed by atoms with E-state index in [-0.39, 0.29) is 4.87 Å². The lowest BCUT2D eigenvalue weighted by molar-refractivity contribution is 0.930. The molecule has 0 amide bonds. The highest BCUT2D eigenvalue weighted by Gasteiger charge is 1.91. The second-order valence-electron chi connectivity index (χ2n) is 1.71. The van der Waals surface area contributed by atoms with Crippen molar-refractivity contribution in [3.05, 3.63) is 20.7 Å². The van der Waals surface area contributed by atoms with Crippen molar-refractivity contribution in [1.82, 2.24) is 4.98 Å². The van der Waals surface area contributed by atoms with Crippen LogP contribution < -0.4 is 10.6 Å². The SMILES string of the molecule is NCCc1csc(=O)[nH]1. The van der Waals surface area contributed by atoms with E-state index in [2.05, 4.69) is 4.98 Å². The summed E-state index contributed by atoms with van der Waals surface area (Å²) in [6, 6.07) is 0. The summed E-state index contributed by atoms with van der Waals surface area (Å²) in [7, 11) is 0. The van der Waals surface area contributed by atoms with E-state index in [0.29, 0.717) is 6.54 Å². The van der Waals surface area contributed by atoms with Crippen LogP contribution in [0.4, 0.5) is 0 Å². The van der Waals surface area contributed by atoms with Gasteiger partial charge in [0.25, 0.3) is 0 Å². The van der Waals surface area contributed by atoms with Gasteiger partial charge < -0.3 is 10.7 Å². The maximum Gasteiger partial charge on any atom is 0.304 e. The standard InChI is InChI=1S/C5H8N2OS/c6-2-1-4-3-9-5(8)7-4/h3H,1-2,6H2,(H,7,8). The first-order valence-electron chi connectivity index (χ1n) is 2.69. The van der Waals surface area contributed by atoms with E-state index in [9.17, 15) is 4.79 Å². The maximum atomic E-state index is 10.5. The second-order valence-corrected chi connectivity index (χ2v) is 2.55. The number of aromatic amines is 1. The molecule has 1 aromatic rings. The third-order valence-corrected chi connectivity index (χ3v) is 1.70. The summed E-state index contributed by atoms with van der Waals surface area (Å²) in [5.74, 6) is 0. The number of aromatic nitrogens is 1. The van der Waals surface area contributed by atoms with Gasteiger partial charge in [0.05, 0.1) is 0 Å². The van der Waals surface area contributed by atoms with Crippen molar-refractivity contribution in [2.24, 2.45) is 5.73 Å². The van der Waals surface area contributed by atoms with Gasteiger partial charge in [-0.2, -0.15) is 0 Å². The quantitative estimate of drug-likeness (QED) is 0.610. The molecule has 0 aliphatic heterocycles. The highest BCUT2D eigenvalue weighted by Crippen LogP contribution is 1.93. The fourth-order valence-corrected chi connectivity index (χ4v) is 1.21. The van der Waals surface area contributed by atoms with Gasteiger partial charge >= 0.3 is 4.87 Å². The van der Waals surface area contributed by atoms with Gasteiger partial charge in [-0.1, -0.05) is 11.3 Å². The molecule has 0 fully saturated rings. The fourth-order valence-electron chi connectivity index (χ4n) is 0.592. The van der Waals surface area contributed by atoms with Crippen LogP contribution in [-0.4, -0.2) is 11.5 Å². The van der Waals surface area contributed by atoms with Crippen molar-refractivity contribution in [2.75, 3.05) is 6.54 Å². The Kier molecular flexibility index (Phi) is 2.02. The number of rotatable bonds is 2. The molecule has 9 heavy (non-hydrogen) atoms. The zero-order chi connectivity index (χ0) is 6.69. The number of hydrogen-bond acceptors (Lipinski definition) is 3. The minimum absolute atomic E-state index is 0.00144. The van der Waals surface area contributed by atoms with Gasteiger partial charge in [0, 0.05) is 17.5 Å². The minimum Gasteiger partial charge on any atom is -0.330 e. The molecule has 50 valence electrons. The monoisotopic (exact) mass is 144 g/mol. The van der Waals surface area contributed by atoms with Crippen molar-refractivity contribution in [3.8, 4) is 0 Å². The average molecular weight is 144 g/mol. The summed E-state index contributed by atoms with van der Waals surface area (Å²) in [6.45, 7) is 0.590. The van der Waals surface area contributed by atoms with Gasteiger partial charge in [0.15, 0.2) is 0 Å². The molecule has 0 radical (unpaired) electrons. The lowest BCUT2D eigenvalue weighted by Crippen LogP contribution is -2.04. The zero-order valence-corrected chi connectivity index (χ0v) is 5.70. The molecule has 3 N–H and O–H groups in total. The Morgan fingerprint density at radius 1 is 1.78 bits per heavy atom. The number of H-pyrrole nitrogens is 1. The van der Waals surface area contributed by atoms with E-state index in [4.69, 9.17) is 5.73 Å². The summed E-state index contributed by atoms with van der Waals surface area (Å²) in [5.41, 5.74) is 6.19. The Hall–Kier alpha value is -0.610. The van der Waals surface area contributed by atoms with Gasteiger partial charge in [-0.3, -0.25) is 4.79 Å². The molecular formula is C5H8N2OS. The molecule has 0 unspecified atom stereocenters. The Bertz CT molecular complexity index is 227. The molecule has 0 atom stereocenters. The minimum atomic E-state index is -0.00144. The topological polar surface area (TPSA) is 58.9 Å². The molecule has 0 aliphatic carbocycles. The lowest BCUT2D eigenvalue weighted by atomic mass is 10.3. The molecule has 0 saturated heterocycles. The van der Waals surface area contributed by atoms with Crippen LogP contribution in [0.5, 0.6) is 0 Å². The molecule has 3 nitrogen and oxygen atoms in total. The van der Waals surface area contributed by atoms with Crippen LogP contribution in [0, 0.1) is 0 Å². The van der Waals surface area contributed by atoms with E-state index in [1.165, 1.54) is 11.3 Å². The molecule has 0 aliphatic rings. The Morgan fingerprint density at radius 2 is 2.56 bits per heavy atom. The molecule has 1 heterocycles. The average Bonchev–Trinajstić information content (AvgIpc) is 2.17. The predicted octanol–water partition coefficient (Wildman–Crippen LogP) is -0.0624. The Labute approximate surface area is 56.5 Å². The van der Waals surface area contributed by atoms with Crippen LogP contribution in [0.25, 0.3) is 0 Å². The fraction of sp³-hybridized carbons (Fsp3) is 0.400. The lowest BCUT2D eigenvalue weighted by Gasteiger charge is -1.86. The Morgan fingerprint density at radius 3 is 3.00 bits per heavy atom. The Balaban J connectivity index is 2.73. The summed E-state index contributed by atoms with van der Waals surface area (Å²) in [4.78, 5) is 13.1. The van der Waals surface area contributed by atoms with Crippen molar-refractivity contribution in [1.29, 1.82) is 0 Å². The highest BCUT2D eigenvalue weighted by atomic mass is 32.1. The maximum absolute atomic E-state index is 10.5. The molecule has 1 rings (SSSR count). The van der Waals surface area contributed by atoms with Crippen molar-refractivity contribution < 1.29 is 0 Å². The number of nitrogens with two attached hydrogens (primary N) is 1. The predicted molar refractivity (Wildman–Crippen MR) is 37.7 cm³/mol. The molecule has 0 aromatic carbocycles. The number of nitrogens with one attached hydrogen (secondary N) is 1. The van der Waals surface area contributed by atoms with Gasteiger partial charge in [0.2, 0.25) is 0 Å². The van der Waals surface area contributed by atoms with Crippen LogP contribution in [0.1, 0.15) is 5.69 Å². The smallest absolute Gasteiger partial charge is 0.304 e. The third kappa shape index (κ3) is 1.65. The summed E-state index contributed by atoms with van der Waals surface area (Å²) >= 11 is 1.18. The van der Waals surface area contributed by atoms with E-state index in [1.54, 1.807) is 5.38 Å². The van der Waals surface area contributed by atoms with Crippen LogP contribution in [0.3, 0.4) is 0 Å². The van der Waals surface area contributed by atoms with Gasteiger partial charge in [-0.15, -0.1) is 0 Å².